The van der Waals surface area contributed by atoms with Crippen LogP contribution >= 0.6 is 15.9 Å². The van der Waals surface area contributed by atoms with E-state index in [4.69, 9.17) is 0 Å². The lowest BCUT2D eigenvalue weighted by Crippen LogP contribution is -2.18. The van der Waals surface area contributed by atoms with E-state index in [-0.39, 0.29) is 23.1 Å². The number of aryl methyl sites for hydroxylation is 1. The van der Waals surface area contributed by atoms with Crippen molar-refractivity contribution < 1.29 is 4.79 Å². The summed E-state index contributed by atoms with van der Waals surface area (Å²) >= 11 is 3.31. The highest BCUT2D eigenvalue weighted by molar-refractivity contribution is 9.10. The standard InChI is InChI=1S/C13H10BrN5O2/c1-7-15-13-17-11(20)6-10(19(13)18-7)16-12(21)8-3-2-4-9(14)5-8/h2-6H,1H3,(H,16,21)(H,15,17,18,20). The summed E-state index contributed by atoms with van der Waals surface area (Å²) in [7, 11) is 0. The fourth-order valence-corrected chi connectivity index (χ4v) is 2.30. The quantitative estimate of drug-likeness (QED) is 0.738. The molecule has 7 nitrogen and oxygen atoms in total. The van der Waals surface area contributed by atoms with Crippen molar-refractivity contribution in [3.05, 3.63) is 56.5 Å². The van der Waals surface area contributed by atoms with Crippen LogP contribution < -0.4 is 10.9 Å². The summed E-state index contributed by atoms with van der Waals surface area (Å²) in [5, 5.41) is 6.79. The molecule has 3 aromatic rings. The molecule has 0 spiro atoms. The van der Waals surface area contributed by atoms with Crippen molar-refractivity contribution in [2.75, 3.05) is 5.32 Å². The monoisotopic (exact) mass is 347 g/mol. The number of aromatic amines is 1. The second kappa shape index (κ2) is 5.13. The number of halogens is 1. The van der Waals surface area contributed by atoms with E-state index >= 15 is 0 Å². The van der Waals surface area contributed by atoms with Crippen LogP contribution in [-0.4, -0.2) is 25.5 Å². The second-order valence-corrected chi connectivity index (χ2v) is 5.29. The zero-order valence-corrected chi connectivity index (χ0v) is 12.5. The van der Waals surface area contributed by atoms with Gasteiger partial charge in [-0.05, 0) is 25.1 Å². The lowest BCUT2D eigenvalue weighted by molar-refractivity contribution is 0.102. The van der Waals surface area contributed by atoms with Gasteiger partial charge in [-0.3, -0.25) is 14.6 Å². The number of hydrogen-bond donors (Lipinski definition) is 2. The molecule has 21 heavy (non-hydrogen) atoms. The summed E-state index contributed by atoms with van der Waals surface area (Å²) < 4.78 is 2.18. The largest absolute Gasteiger partial charge is 0.306 e. The van der Waals surface area contributed by atoms with E-state index < -0.39 is 0 Å². The van der Waals surface area contributed by atoms with Gasteiger partial charge in [0, 0.05) is 16.1 Å². The number of amides is 1. The predicted molar refractivity (Wildman–Crippen MR) is 80.4 cm³/mol. The van der Waals surface area contributed by atoms with Gasteiger partial charge in [-0.15, -0.1) is 5.10 Å². The number of rotatable bonds is 2. The average molecular weight is 348 g/mol. The normalized spacial score (nSPS) is 10.8. The first-order valence-electron chi connectivity index (χ1n) is 6.06. The zero-order chi connectivity index (χ0) is 15.0. The van der Waals surface area contributed by atoms with Crippen molar-refractivity contribution >= 4 is 33.4 Å². The number of benzene rings is 1. The average Bonchev–Trinajstić information content (AvgIpc) is 2.79. The first-order chi connectivity index (χ1) is 10.0. The van der Waals surface area contributed by atoms with Gasteiger partial charge < -0.3 is 5.32 Å². The Balaban J connectivity index is 2.01. The molecule has 2 heterocycles. The van der Waals surface area contributed by atoms with Crippen molar-refractivity contribution in [2.45, 2.75) is 6.92 Å². The van der Waals surface area contributed by atoms with Crippen molar-refractivity contribution in [3.8, 4) is 0 Å². The van der Waals surface area contributed by atoms with Crippen LogP contribution in [-0.2, 0) is 0 Å². The number of anilines is 1. The molecule has 0 bridgehead atoms. The second-order valence-electron chi connectivity index (χ2n) is 4.38. The van der Waals surface area contributed by atoms with Gasteiger partial charge in [-0.1, -0.05) is 22.0 Å². The number of carbonyl (C=O) groups excluding carboxylic acids is 1. The minimum absolute atomic E-state index is 0.263. The molecule has 0 aliphatic carbocycles. The van der Waals surface area contributed by atoms with Crippen molar-refractivity contribution in [1.82, 2.24) is 19.6 Å². The summed E-state index contributed by atoms with van der Waals surface area (Å²) in [6.45, 7) is 1.70. The molecule has 2 N–H and O–H groups in total. The molecule has 1 aromatic carbocycles. The molecule has 3 rings (SSSR count). The Kier molecular flexibility index (Phi) is 3.30. The predicted octanol–water partition coefficient (Wildman–Crippen LogP) is 1.74. The number of nitrogens with zero attached hydrogens (tertiary/aromatic N) is 3. The van der Waals surface area contributed by atoms with E-state index in [0.29, 0.717) is 11.4 Å². The van der Waals surface area contributed by atoms with Crippen LogP contribution in [0, 0.1) is 6.92 Å². The van der Waals surface area contributed by atoms with Crippen molar-refractivity contribution in [3.63, 3.8) is 0 Å². The molecular weight excluding hydrogens is 338 g/mol. The molecule has 0 radical (unpaired) electrons. The Bertz CT molecular complexity index is 899. The fraction of sp³-hybridized carbons (Fsp3) is 0.0769. The number of carbonyl (C=O) groups is 1. The summed E-state index contributed by atoms with van der Waals surface area (Å²) in [6, 6.07) is 8.20. The Hall–Kier alpha value is -2.48. The molecule has 0 saturated heterocycles. The van der Waals surface area contributed by atoms with Crippen LogP contribution in [0.1, 0.15) is 16.2 Å². The van der Waals surface area contributed by atoms with E-state index in [2.05, 4.69) is 36.3 Å². The first-order valence-corrected chi connectivity index (χ1v) is 6.86. The van der Waals surface area contributed by atoms with Gasteiger partial charge in [-0.25, -0.2) is 0 Å². The minimum Gasteiger partial charge on any atom is -0.306 e. The van der Waals surface area contributed by atoms with Crippen LogP contribution in [0.15, 0.2) is 39.6 Å². The molecular formula is C13H10BrN5O2. The fourth-order valence-electron chi connectivity index (χ4n) is 1.90. The summed E-state index contributed by atoms with van der Waals surface area (Å²) in [4.78, 5) is 30.4. The summed E-state index contributed by atoms with van der Waals surface area (Å²) in [5.74, 6) is 0.704. The minimum atomic E-state index is -0.362. The highest BCUT2D eigenvalue weighted by Gasteiger charge is 2.12. The van der Waals surface area contributed by atoms with E-state index in [9.17, 15) is 9.59 Å². The third-order valence-corrected chi connectivity index (χ3v) is 3.27. The molecule has 0 saturated carbocycles. The van der Waals surface area contributed by atoms with E-state index in [1.165, 1.54) is 10.6 Å². The van der Waals surface area contributed by atoms with Gasteiger partial charge in [0.25, 0.3) is 11.5 Å². The number of hydrogen-bond acceptors (Lipinski definition) is 4. The van der Waals surface area contributed by atoms with Gasteiger partial charge in [0.05, 0.1) is 0 Å². The van der Waals surface area contributed by atoms with Crippen LogP contribution in [0.3, 0.4) is 0 Å². The number of fused-ring (bicyclic) bond motifs is 1. The maximum absolute atomic E-state index is 12.2. The molecule has 2 aromatic heterocycles. The highest BCUT2D eigenvalue weighted by atomic mass is 79.9. The van der Waals surface area contributed by atoms with Crippen LogP contribution in [0.2, 0.25) is 0 Å². The number of nitrogens with one attached hydrogen (secondary N) is 2. The van der Waals surface area contributed by atoms with Crippen LogP contribution in [0.5, 0.6) is 0 Å². The maximum Gasteiger partial charge on any atom is 0.256 e. The molecule has 0 atom stereocenters. The van der Waals surface area contributed by atoms with E-state index in [1.54, 1.807) is 25.1 Å². The van der Waals surface area contributed by atoms with Gasteiger partial charge in [0.1, 0.15) is 11.6 Å². The Morgan fingerprint density at radius 2 is 2.19 bits per heavy atom. The van der Waals surface area contributed by atoms with E-state index in [0.717, 1.165) is 4.47 Å². The lowest BCUT2D eigenvalue weighted by atomic mass is 10.2. The number of H-pyrrole nitrogens is 1. The van der Waals surface area contributed by atoms with Crippen molar-refractivity contribution in [1.29, 1.82) is 0 Å². The number of aromatic nitrogens is 4. The van der Waals surface area contributed by atoms with Gasteiger partial charge in [0.2, 0.25) is 5.78 Å². The highest BCUT2D eigenvalue weighted by Crippen LogP contribution is 2.13. The summed E-state index contributed by atoms with van der Waals surface area (Å²) in [5.41, 5.74) is 0.106. The molecule has 0 aliphatic heterocycles. The first kappa shape index (κ1) is 13.5. The van der Waals surface area contributed by atoms with Gasteiger partial charge >= 0.3 is 0 Å². The molecule has 0 unspecified atom stereocenters. The van der Waals surface area contributed by atoms with Crippen molar-refractivity contribution in [2.24, 2.45) is 0 Å². The molecule has 0 aliphatic rings. The van der Waals surface area contributed by atoms with E-state index in [1.807, 2.05) is 6.07 Å². The smallest absolute Gasteiger partial charge is 0.256 e. The maximum atomic E-state index is 12.2. The zero-order valence-electron chi connectivity index (χ0n) is 10.9. The lowest BCUT2D eigenvalue weighted by Gasteiger charge is -2.06. The van der Waals surface area contributed by atoms with Gasteiger partial charge in [-0.2, -0.15) is 9.50 Å². The van der Waals surface area contributed by atoms with Crippen LogP contribution in [0.4, 0.5) is 5.82 Å². The molecule has 106 valence electrons. The Labute approximate surface area is 127 Å². The summed E-state index contributed by atoms with van der Waals surface area (Å²) in [6.07, 6.45) is 0. The molecule has 0 fully saturated rings. The van der Waals surface area contributed by atoms with Gasteiger partial charge in [0.15, 0.2) is 0 Å². The Morgan fingerprint density at radius 3 is 2.95 bits per heavy atom. The Morgan fingerprint density at radius 1 is 1.38 bits per heavy atom. The third-order valence-electron chi connectivity index (χ3n) is 2.77. The third kappa shape index (κ3) is 2.70. The molecule has 1 amide bonds. The molecule has 8 heteroatoms. The SMILES string of the molecule is Cc1nc2[nH]c(=O)cc(NC(=O)c3cccc(Br)c3)n2n1. The topological polar surface area (TPSA) is 92.1 Å². The van der Waals surface area contributed by atoms with Crippen LogP contribution in [0.25, 0.3) is 5.78 Å².